The van der Waals surface area contributed by atoms with Crippen LogP contribution in [-0.4, -0.2) is 35.5 Å². The van der Waals surface area contributed by atoms with Gasteiger partial charge in [-0.25, -0.2) is 4.79 Å². The highest BCUT2D eigenvalue weighted by Gasteiger charge is 2.21. The van der Waals surface area contributed by atoms with E-state index in [1.54, 1.807) is 4.90 Å². The number of fused-ring (bicyclic) bond motifs is 1. The molecule has 2 aromatic rings. The SMILES string of the molecule is O=C(OC(O)Cc1cccc2ccccc12)N1CCCCC1. The highest BCUT2D eigenvalue weighted by Crippen LogP contribution is 2.20. The van der Waals surface area contributed by atoms with Crippen molar-refractivity contribution in [1.29, 1.82) is 0 Å². The second kappa shape index (κ2) is 6.79. The number of likely N-dealkylation sites (tertiary alicyclic amines) is 1. The predicted molar refractivity (Wildman–Crippen MR) is 85.6 cm³/mol. The molecule has 0 radical (unpaired) electrons. The Kier molecular flexibility index (Phi) is 4.59. The Hall–Kier alpha value is -2.07. The van der Waals surface area contributed by atoms with Crippen molar-refractivity contribution in [2.75, 3.05) is 13.1 Å². The molecular formula is C18H21NO3. The molecule has 0 bridgehead atoms. The maximum atomic E-state index is 12.0. The van der Waals surface area contributed by atoms with Gasteiger partial charge in [-0.05, 0) is 35.6 Å². The van der Waals surface area contributed by atoms with Gasteiger partial charge >= 0.3 is 6.09 Å². The molecule has 2 aromatic carbocycles. The zero-order chi connectivity index (χ0) is 15.4. The van der Waals surface area contributed by atoms with Crippen molar-refractivity contribution in [3.05, 3.63) is 48.0 Å². The molecular weight excluding hydrogens is 278 g/mol. The molecule has 4 heteroatoms. The topological polar surface area (TPSA) is 49.8 Å². The van der Waals surface area contributed by atoms with E-state index < -0.39 is 12.4 Å². The van der Waals surface area contributed by atoms with Gasteiger partial charge in [0.05, 0.1) is 0 Å². The summed E-state index contributed by atoms with van der Waals surface area (Å²) in [5.74, 6) is 0. The lowest BCUT2D eigenvalue weighted by Gasteiger charge is -2.27. The van der Waals surface area contributed by atoms with Crippen LogP contribution in [0.5, 0.6) is 0 Å². The number of aliphatic hydroxyl groups excluding tert-OH is 1. The van der Waals surface area contributed by atoms with Gasteiger partial charge in [0.25, 0.3) is 0 Å². The van der Waals surface area contributed by atoms with Crippen LogP contribution in [0.15, 0.2) is 42.5 Å². The van der Waals surface area contributed by atoms with E-state index in [4.69, 9.17) is 4.74 Å². The van der Waals surface area contributed by atoms with Crippen LogP contribution in [-0.2, 0) is 11.2 Å². The summed E-state index contributed by atoms with van der Waals surface area (Å²) in [7, 11) is 0. The van der Waals surface area contributed by atoms with E-state index >= 15 is 0 Å². The zero-order valence-corrected chi connectivity index (χ0v) is 12.6. The van der Waals surface area contributed by atoms with Crippen molar-refractivity contribution >= 4 is 16.9 Å². The number of amides is 1. The van der Waals surface area contributed by atoms with Crippen LogP contribution >= 0.6 is 0 Å². The number of benzene rings is 2. The lowest BCUT2D eigenvalue weighted by molar-refractivity contribution is -0.0638. The van der Waals surface area contributed by atoms with Gasteiger partial charge < -0.3 is 14.7 Å². The fourth-order valence-corrected chi connectivity index (χ4v) is 2.97. The molecule has 3 rings (SSSR count). The first-order valence-corrected chi connectivity index (χ1v) is 7.84. The van der Waals surface area contributed by atoms with Gasteiger partial charge in [0, 0.05) is 19.5 Å². The summed E-state index contributed by atoms with van der Waals surface area (Å²) in [6.45, 7) is 1.44. The third-order valence-corrected chi connectivity index (χ3v) is 4.13. The molecule has 1 unspecified atom stereocenters. The van der Waals surface area contributed by atoms with Gasteiger partial charge in [0.15, 0.2) is 0 Å². The third-order valence-electron chi connectivity index (χ3n) is 4.13. The molecule has 1 atom stereocenters. The highest BCUT2D eigenvalue weighted by molar-refractivity contribution is 5.85. The van der Waals surface area contributed by atoms with E-state index in [9.17, 15) is 9.90 Å². The molecule has 0 aliphatic carbocycles. The summed E-state index contributed by atoms with van der Waals surface area (Å²) in [5.41, 5.74) is 0.983. The minimum absolute atomic E-state index is 0.306. The van der Waals surface area contributed by atoms with Crippen molar-refractivity contribution in [3.8, 4) is 0 Å². The molecule has 0 spiro atoms. The first-order chi connectivity index (χ1) is 10.7. The second-order valence-electron chi connectivity index (χ2n) is 5.73. The lowest BCUT2D eigenvalue weighted by Crippen LogP contribution is -2.38. The molecule has 1 heterocycles. The van der Waals surface area contributed by atoms with Crippen LogP contribution in [0.3, 0.4) is 0 Å². The molecule has 0 saturated carbocycles. The number of hydrogen-bond donors (Lipinski definition) is 1. The van der Waals surface area contributed by atoms with Crippen molar-refractivity contribution < 1.29 is 14.6 Å². The van der Waals surface area contributed by atoms with E-state index in [0.717, 1.165) is 48.7 Å². The first-order valence-electron chi connectivity index (χ1n) is 7.84. The summed E-state index contributed by atoms with van der Waals surface area (Å²) in [6, 6.07) is 14.0. The fourth-order valence-electron chi connectivity index (χ4n) is 2.97. The number of carbonyl (C=O) groups excluding carboxylic acids is 1. The lowest BCUT2D eigenvalue weighted by atomic mass is 10.0. The predicted octanol–water partition coefficient (Wildman–Crippen LogP) is 3.32. The Labute approximate surface area is 130 Å². The van der Waals surface area contributed by atoms with Crippen LogP contribution in [0.1, 0.15) is 24.8 Å². The smallest absolute Gasteiger partial charge is 0.412 e. The van der Waals surface area contributed by atoms with Gasteiger partial charge in [-0.3, -0.25) is 0 Å². The van der Waals surface area contributed by atoms with Gasteiger partial charge in [0.2, 0.25) is 6.29 Å². The number of aliphatic hydroxyl groups is 1. The molecule has 1 aliphatic heterocycles. The molecule has 1 fully saturated rings. The van der Waals surface area contributed by atoms with Gasteiger partial charge in [-0.1, -0.05) is 42.5 Å². The number of carbonyl (C=O) groups is 1. The van der Waals surface area contributed by atoms with Crippen LogP contribution < -0.4 is 0 Å². The molecule has 116 valence electrons. The number of ether oxygens (including phenoxy) is 1. The summed E-state index contributed by atoms with van der Waals surface area (Å²) in [5, 5.41) is 12.3. The summed E-state index contributed by atoms with van der Waals surface area (Å²) < 4.78 is 5.19. The van der Waals surface area contributed by atoms with E-state index in [0.29, 0.717) is 6.42 Å². The molecule has 1 saturated heterocycles. The van der Waals surface area contributed by atoms with Crippen molar-refractivity contribution in [1.82, 2.24) is 4.90 Å². The monoisotopic (exact) mass is 299 g/mol. The molecule has 1 amide bonds. The fraction of sp³-hybridized carbons (Fsp3) is 0.389. The third kappa shape index (κ3) is 3.39. The summed E-state index contributed by atoms with van der Waals surface area (Å²) in [4.78, 5) is 13.7. The van der Waals surface area contributed by atoms with Gasteiger partial charge in [-0.15, -0.1) is 0 Å². The number of nitrogens with zero attached hydrogens (tertiary/aromatic N) is 1. The van der Waals surface area contributed by atoms with E-state index in [1.165, 1.54) is 0 Å². The number of hydrogen-bond acceptors (Lipinski definition) is 3. The largest absolute Gasteiger partial charge is 0.419 e. The zero-order valence-electron chi connectivity index (χ0n) is 12.6. The normalized spacial score (nSPS) is 16.5. The molecule has 1 aliphatic rings. The van der Waals surface area contributed by atoms with Crippen molar-refractivity contribution in [3.63, 3.8) is 0 Å². The first kappa shape index (κ1) is 14.9. The average molecular weight is 299 g/mol. The van der Waals surface area contributed by atoms with Crippen LogP contribution in [0, 0.1) is 0 Å². The minimum atomic E-state index is -1.11. The number of piperidine rings is 1. The maximum absolute atomic E-state index is 12.0. The summed E-state index contributed by atoms with van der Waals surface area (Å²) >= 11 is 0. The minimum Gasteiger partial charge on any atom is -0.419 e. The molecule has 0 aromatic heterocycles. The molecule has 22 heavy (non-hydrogen) atoms. The Morgan fingerprint density at radius 1 is 1.09 bits per heavy atom. The Morgan fingerprint density at radius 3 is 2.64 bits per heavy atom. The standard InChI is InChI=1S/C18H21NO3/c20-17(22-18(21)19-11-4-1-5-12-19)13-15-9-6-8-14-7-2-3-10-16(14)15/h2-3,6-10,17,20H,1,4-5,11-13H2. The van der Waals surface area contributed by atoms with Gasteiger partial charge in [0.1, 0.15) is 0 Å². The van der Waals surface area contributed by atoms with E-state index in [1.807, 2.05) is 42.5 Å². The van der Waals surface area contributed by atoms with Crippen LogP contribution in [0.2, 0.25) is 0 Å². The Balaban J connectivity index is 1.65. The van der Waals surface area contributed by atoms with Crippen molar-refractivity contribution in [2.24, 2.45) is 0 Å². The van der Waals surface area contributed by atoms with Crippen molar-refractivity contribution in [2.45, 2.75) is 32.0 Å². The molecule has 1 N–H and O–H groups in total. The summed E-state index contributed by atoms with van der Waals surface area (Å²) in [6.07, 6.45) is 1.96. The quantitative estimate of drug-likeness (QED) is 0.885. The van der Waals surface area contributed by atoms with Gasteiger partial charge in [-0.2, -0.15) is 0 Å². The second-order valence-corrected chi connectivity index (χ2v) is 5.73. The van der Waals surface area contributed by atoms with Crippen LogP contribution in [0.25, 0.3) is 10.8 Å². The number of rotatable bonds is 3. The maximum Gasteiger partial charge on any atom is 0.412 e. The molecule has 4 nitrogen and oxygen atoms in total. The Morgan fingerprint density at radius 2 is 1.82 bits per heavy atom. The van der Waals surface area contributed by atoms with E-state index in [2.05, 4.69) is 0 Å². The Bertz CT molecular complexity index is 644. The average Bonchev–Trinajstić information content (AvgIpc) is 2.56. The van der Waals surface area contributed by atoms with Crippen LogP contribution in [0.4, 0.5) is 4.79 Å². The highest BCUT2D eigenvalue weighted by atomic mass is 16.6. The van der Waals surface area contributed by atoms with E-state index in [-0.39, 0.29) is 0 Å².